The molecule has 0 aromatic heterocycles. The first-order valence-corrected chi connectivity index (χ1v) is 11.6. The number of phenols is 1. The molecule has 1 rings (SSSR count). The van der Waals surface area contributed by atoms with E-state index in [4.69, 9.17) is 4.74 Å². The average molecular weight is 464 g/mol. The van der Waals surface area contributed by atoms with Gasteiger partial charge in [-0.3, -0.25) is 9.59 Å². The van der Waals surface area contributed by atoms with Crippen LogP contribution in [0, 0.1) is 5.92 Å². The number of aromatic hydroxyl groups is 1. The molecule has 3 N–H and O–H groups in total. The number of carbonyl (C=O) groups is 3. The van der Waals surface area contributed by atoms with Crippen molar-refractivity contribution in [2.24, 2.45) is 5.92 Å². The molecule has 1 aromatic carbocycles. The molecule has 0 aliphatic rings. The molecule has 0 fully saturated rings. The van der Waals surface area contributed by atoms with Crippen LogP contribution < -0.4 is 10.6 Å². The van der Waals surface area contributed by atoms with E-state index in [0.717, 1.165) is 0 Å². The van der Waals surface area contributed by atoms with E-state index < -0.39 is 29.7 Å². The lowest BCUT2D eigenvalue weighted by molar-refractivity contribution is -0.145. The molecule has 8 heteroatoms. The number of hydrogen-bond donors (Lipinski definition) is 3. The van der Waals surface area contributed by atoms with Crippen LogP contribution >= 0.6 is 0 Å². The third-order valence-corrected chi connectivity index (χ3v) is 5.11. The molecule has 1 aromatic rings. The van der Waals surface area contributed by atoms with Crippen molar-refractivity contribution in [3.63, 3.8) is 0 Å². The first-order valence-electron chi connectivity index (χ1n) is 11.6. The van der Waals surface area contributed by atoms with Crippen molar-refractivity contribution in [2.45, 2.75) is 98.5 Å². The highest BCUT2D eigenvalue weighted by molar-refractivity contribution is 5.92. The molecular formula is C25H41N3O5. The number of benzene rings is 1. The van der Waals surface area contributed by atoms with Crippen molar-refractivity contribution < 1.29 is 24.2 Å². The van der Waals surface area contributed by atoms with Crippen molar-refractivity contribution in [3.8, 4) is 5.75 Å². The summed E-state index contributed by atoms with van der Waals surface area (Å²) in [4.78, 5) is 41.2. The summed E-state index contributed by atoms with van der Waals surface area (Å²) in [6.45, 7) is 16.4. The number of carbonyl (C=O) groups excluding carboxylic acids is 3. The van der Waals surface area contributed by atoms with Crippen LogP contribution in [0.3, 0.4) is 0 Å². The van der Waals surface area contributed by atoms with Crippen LogP contribution in [0.4, 0.5) is 4.79 Å². The predicted octanol–water partition coefficient (Wildman–Crippen LogP) is 4.13. The summed E-state index contributed by atoms with van der Waals surface area (Å²) >= 11 is 0. The number of nitrogens with one attached hydrogen (secondary N) is 2. The summed E-state index contributed by atoms with van der Waals surface area (Å²) < 4.78 is 5.38. The van der Waals surface area contributed by atoms with Crippen molar-refractivity contribution in [1.29, 1.82) is 0 Å². The second-order valence-corrected chi connectivity index (χ2v) is 10.0. The Morgan fingerprint density at radius 3 is 2.12 bits per heavy atom. The molecule has 0 saturated carbocycles. The number of alkyl carbamates (subject to hydrolysis) is 1. The van der Waals surface area contributed by atoms with Crippen molar-refractivity contribution in [2.75, 3.05) is 0 Å². The zero-order valence-electron chi connectivity index (χ0n) is 21.4. The number of rotatable bonds is 9. The van der Waals surface area contributed by atoms with E-state index >= 15 is 0 Å². The third kappa shape index (κ3) is 8.59. The molecule has 8 nitrogen and oxygen atoms in total. The van der Waals surface area contributed by atoms with Gasteiger partial charge in [-0.1, -0.05) is 32.4 Å². The van der Waals surface area contributed by atoms with E-state index in [1.165, 1.54) is 17.0 Å². The van der Waals surface area contributed by atoms with Gasteiger partial charge < -0.3 is 25.4 Å². The van der Waals surface area contributed by atoms with Crippen molar-refractivity contribution in [3.05, 3.63) is 29.8 Å². The fourth-order valence-corrected chi connectivity index (χ4v) is 3.45. The minimum absolute atomic E-state index is 0.00337. The Hall–Kier alpha value is -2.77. The van der Waals surface area contributed by atoms with Gasteiger partial charge in [0.05, 0.1) is 0 Å². The van der Waals surface area contributed by atoms with Crippen LogP contribution in [-0.2, 0) is 14.3 Å². The Morgan fingerprint density at radius 1 is 1.06 bits per heavy atom. The van der Waals surface area contributed by atoms with E-state index in [0.29, 0.717) is 12.0 Å². The normalized spacial score (nSPS) is 14.4. The van der Waals surface area contributed by atoms with Gasteiger partial charge in [-0.25, -0.2) is 4.79 Å². The Balaban J connectivity index is 3.47. The predicted molar refractivity (Wildman–Crippen MR) is 129 cm³/mol. The van der Waals surface area contributed by atoms with Gasteiger partial charge in [0.2, 0.25) is 11.8 Å². The smallest absolute Gasteiger partial charge is 0.408 e. The van der Waals surface area contributed by atoms with Gasteiger partial charge in [-0.05, 0) is 72.1 Å². The molecule has 0 saturated heterocycles. The maximum atomic E-state index is 13.9. The Labute approximate surface area is 198 Å². The Kier molecular flexibility index (Phi) is 10.2. The van der Waals surface area contributed by atoms with Crippen LogP contribution in [0.15, 0.2) is 24.3 Å². The van der Waals surface area contributed by atoms with Crippen LogP contribution in [0.5, 0.6) is 5.75 Å². The molecular weight excluding hydrogens is 422 g/mol. The fraction of sp³-hybridized carbons (Fsp3) is 0.640. The van der Waals surface area contributed by atoms with Crippen LogP contribution in [-0.4, -0.2) is 51.6 Å². The van der Waals surface area contributed by atoms with E-state index in [-0.39, 0.29) is 29.7 Å². The second kappa shape index (κ2) is 11.9. The lowest BCUT2D eigenvalue weighted by Gasteiger charge is -2.38. The number of phenolic OH excluding ortho intramolecular Hbond substituents is 1. The number of amides is 3. The molecule has 3 unspecified atom stereocenters. The van der Waals surface area contributed by atoms with E-state index in [1.807, 2.05) is 41.5 Å². The zero-order valence-corrected chi connectivity index (χ0v) is 21.4. The summed E-state index contributed by atoms with van der Waals surface area (Å²) in [5.41, 5.74) is -0.234. The van der Waals surface area contributed by atoms with Crippen molar-refractivity contribution >= 4 is 17.9 Å². The standard InChI is InChI=1S/C25H41N3O5/c1-10-17(6)20(27-24(32)33-25(7,8)9)23(31)28(16(4)5)21(22(30)26-15(2)3)18-12-11-13-19(29)14-18/h11-17,20-21,29H,10H2,1-9H3,(H,26,30)(H,27,32). The summed E-state index contributed by atoms with van der Waals surface area (Å²) in [5, 5.41) is 15.6. The summed E-state index contributed by atoms with van der Waals surface area (Å²) in [7, 11) is 0. The van der Waals surface area contributed by atoms with E-state index in [2.05, 4.69) is 10.6 Å². The van der Waals surface area contributed by atoms with Gasteiger partial charge in [-0.2, -0.15) is 0 Å². The Morgan fingerprint density at radius 2 is 1.67 bits per heavy atom. The highest BCUT2D eigenvalue weighted by Crippen LogP contribution is 2.28. The molecule has 0 bridgehead atoms. The molecule has 33 heavy (non-hydrogen) atoms. The topological polar surface area (TPSA) is 108 Å². The molecule has 0 aliphatic heterocycles. The van der Waals surface area contributed by atoms with Crippen LogP contribution in [0.1, 0.15) is 80.3 Å². The highest BCUT2D eigenvalue weighted by atomic mass is 16.6. The molecule has 0 heterocycles. The largest absolute Gasteiger partial charge is 0.508 e. The fourth-order valence-electron chi connectivity index (χ4n) is 3.45. The molecule has 0 spiro atoms. The van der Waals surface area contributed by atoms with Gasteiger partial charge in [0.25, 0.3) is 0 Å². The number of ether oxygens (including phenoxy) is 1. The Bertz CT molecular complexity index is 817. The number of hydrogen-bond acceptors (Lipinski definition) is 5. The first kappa shape index (κ1) is 28.3. The molecule has 0 radical (unpaired) electrons. The molecule has 3 atom stereocenters. The van der Waals surface area contributed by atoms with Gasteiger partial charge in [0, 0.05) is 12.1 Å². The maximum absolute atomic E-state index is 13.9. The average Bonchev–Trinajstić information content (AvgIpc) is 2.66. The lowest BCUT2D eigenvalue weighted by Crippen LogP contribution is -2.57. The quantitative estimate of drug-likeness (QED) is 0.510. The number of nitrogens with zero attached hydrogens (tertiary/aromatic N) is 1. The van der Waals surface area contributed by atoms with Crippen LogP contribution in [0.2, 0.25) is 0 Å². The highest BCUT2D eigenvalue weighted by Gasteiger charge is 2.39. The maximum Gasteiger partial charge on any atom is 0.408 e. The van der Waals surface area contributed by atoms with Crippen LogP contribution in [0.25, 0.3) is 0 Å². The van der Waals surface area contributed by atoms with Gasteiger partial charge in [0.1, 0.15) is 23.4 Å². The first-order chi connectivity index (χ1) is 15.2. The SMILES string of the molecule is CCC(C)C(NC(=O)OC(C)(C)C)C(=O)N(C(C)C)C(C(=O)NC(C)C)c1cccc(O)c1. The van der Waals surface area contributed by atoms with Gasteiger partial charge in [-0.15, -0.1) is 0 Å². The zero-order chi connectivity index (χ0) is 25.5. The summed E-state index contributed by atoms with van der Waals surface area (Å²) in [6, 6.07) is 3.93. The monoisotopic (exact) mass is 463 g/mol. The molecule has 3 amide bonds. The van der Waals surface area contributed by atoms with E-state index in [9.17, 15) is 19.5 Å². The molecule has 0 aliphatic carbocycles. The third-order valence-electron chi connectivity index (χ3n) is 5.11. The van der Waals surface area contributed by atoms with Gasteiger partial charge in [0.15, 0.2) is 0 Å². The summed E-state index contributed by atoms with van der Waals surface area (Å²) in [5.74, 6) is -0.962. The van der Waals surface area contributed by atoms with Crippen molar-refractivity contribution in [1.82, 2.24) is 15.5 Å². The summed E-state index contributed by atoms with van der Waals surface area (Å²) in [6.07, 6.45) is -0.0574. The second-order valence-electron chi connectivity index (χ2n) is 10.0. The minimum atomic E-state index is -0.987. The van der Waals surface area contributed by atoms with E-state index in [1.54, 1.807) is 32.9 Å². The lowest BCUT2D eigenvalue weighted by atomic mass is 9.94. The van der Waals surface area contributed by atoms with Gasteiger partial charge >= 0.3 is 6.09 Å². The minimum Gasteiger partial charge on any atom is -0.508 e. The molecule has 186 valence electrons.